The maximum absolute atomic E-state index is 5.97. The van der Waals surface area contributed by atoms with Gasteiger partial charge in [0.15, 0.2) is 5.96 Å². The van der Waals surface area contributed by atoms with Crippen LogP contribution >= 0.6 is 24.0 Å². The van der Waals surface area contributed by atoms with Gasteiger partial charge < -0.3 is 20.7 Å². The second kappa shape index (κ2) is 10.1. The first-order valence-electron chi connectivity index (χ1n) is 7.51. The van der Waals surface area contributed by atoms with Gasteiger partial charge in [-0.05, 0) is 49.5 Å². The number of benzene rings is 2. The number of hydrogen-bond acceptors (Lipinski definition) is 3. The quantitative estimate of drug-likeness (QED) is 0.411. The lowest BCUT2D eigenvalue weighted by molar-refractivity contribution is 0.401. The fourth-order valence-corrected chi connectivity index (χ4v) is 2.24. The summed E-state index contributed by atoms with van der Waals surface area (Å²) in [5.41, 5.74) is 9.30. The summed E-state index contributed by atoms with van der Waals surface area (Å²) in [6.45, 7) is 1.44. The highest BCUT2D eigenvalue weighted by atomic mass is 127. The number of rotatable bonds is 6. The monoisotopic (exact) mass is 440 g/mol. The Kier molecular flexibility index (Phi) is 8.56. The van der Waals surface area contributed by atoms with Gasteiger partial charge in [-0.15, -0.1) is 24.0 Å². The van der Waals surface area contributed by atoms with Crippen molar-refractivity contribution in [3.8, 4) is 5.75 Å². The van der Waals surface area contributed by atoms with E-state index in [1.165, 1.54) is 11.1 Å². The molecule has 0 aliphatic rings. The van der Waals surface area contributed by atoms with Crippen LogP contribution in [0.2, 0.25) is 0 Å². The highest BCUT2D eigenvalue weighted by Gasteiger charge is 2.03. The average molecular weight is 440 g/mol. The molecule has 0 aliphatic heterocycles. The van der Waals surface area contributed by atoms with Crippen LogP contribution in [0.4, 0.5) is 5.69 Å². The Morgan fingerprint density at radius 1 is 1.08 bits per heavy atom. The van der Waals surface area contributed by atoms with Crippen LogP contribution in [0, 0.1) is 0 Å². The molecule has 0 heterocycles. The van der Waals surface area contributed by atoms with Crippen LogP contribution in [-0.2, 0) is 13.1 Å². The van der Waals surface area contributed by atoms with E-state index in [2.05, 4.69) is 41.4 Å². The van der Waals surface area contributed by atoms with Crippen LogP contribution in [0.25, 0.3) is 0 Å². The third-order valence-corrected chi connectivity index (χ3v) is 3.39. The molecular weight excluding hydrogens is 415 g/mol. The van der Waals surface area contributed by atoms with Crippen molar-refractivity contribution >= 4 is 35.6 Å². The van der Waals surface area contributed by atoms with E-state index in [-0.39, 0.29) is 24.0 Å². The van der Waals surface area contributed by atoms with Gasteiger partial charge in [0, 0.05) is 12.2 Å². The zero-order chi connectivity index (χ0) is 16.7. The molecule has 0 unspecified atom stereocenters. The van der Waals surface area contributed by atoms with Crippen molar-refractivity contribution in [1.82, 2.24) is 4.90 Å². The Morgan fingerprint density at radius 3 is 2.29 bits per heavy atom. The largest absolute Gasteiger partial charge is 0.497 e. The number of aliphatic imine (C=N–C) groups is 1. The molecular formula is C18H25IN4O. The Balaban J connectivity index is 0.00000288. The van der Waals surface area contributed by atoms with Gasteiger partial charge in [0.05, 0.1) is 13.7 Å². The lowest BCUT2D eigenvalue weighted by Gasteiger charge is -2.13. The van der Waals surface area contributed by atoms with Crippen molar-refractivity contribution in [2.24, 2.45) is 10.7 Å². The van der Waals surface area contributed by atoms with E-state index in [9.17, 15) is 0 Å². The minimum atomic E-state index is 0. The lowest BCUT2D eigenvalue weighted by Crippen LogP contribution is -2.22. The highest BCUT2D eigenvalue weighted by molar-refractivity contribution is 14.0. The molecule has 0 atom stereocenters. The number of methoxy groups -OCH3 is 1. The van der Waals surface area contributed by atoms with Gasteiger partial charge in [0.2, 0.25) is 0 Å². The standard InChI is InChI=1S/C18H24N4O.HI/c1-22(2)13-15-7-5-4-6-14(15)12-20-18(19)21-16-8-10-17(23-3)11-9-16;/h4-11H,12-13H2,1-3H3,(H3,19,20,21);1H. The third-order valence-electron chi connectivity index (χ3n) is 3.39. The first-order valence-corrected chi connectivity index (χ1v) is 7.51. The summed E-state index contributed by atoms with van der Waals surface area (Å²) in [6.07, 6.45) is 0. The summed E-state index contributed by atoms with van der Waals surface area (Å²) in [4.78, 5) is 6.57. The number of halogens is 1. The van der Waals surface area contributed by atoms with Crippen LogP contribution in [-0.4, -0.2) is 32.1 Å². The molecule has 2 aromatic carbocycles. The van der Waals surface area contributed by atoms with Crippen molar-refractivity contribution in [2.75, 3.05) is 26.5 Å². The maximum atomic E-state index is 5.97. The second-order valence-corrected chi connectivity index (χ2v) is 5.56. The molecule has 0 saturated carbocycles. The summed E-state index contributed by atoms with van der Waals surface area (Å²) >= 11 is 0. The van der Waals surface area contributed by atoms with Gasteiger partial charge in [-0.1, -0.05) is 24.3 Å². The molecule has 24 heavy (non-hydrogen) atoms. The van der Waals surface area contributed by atoms with Crippen LogP contribution < -0.4 is 15.8 Å². The molecule has 3 N–H and O–H groups in total. The predicted octanol–water partition coefficient (Wildman–Crippen LogP) is 3.30. The molecule has 0 bridgehead atoms. The van der Waals surface area contributed by atoms with Gasteiger partial charge in [-0.3, -0.25) is 0 Å². The zero-order valence-corrected chi connectivity index (χ0v) is 16.7. The van der Waals surface area contributed by atoms with E-state index in [0.717, 1.165) is 18.0 Å². The van der Waals surface area contributed by atoms with Crippen molar-refractivity contribution in [1.29, 1.82) is 0 Å². The van der Waals surface area contributed by atoms with Crippen molar-refractivity contribution in [3.05, 3.63) is 59.7 Å². The summed E-state index contributed by atoms with van der Waals surface area (Å²) in [7, 11) is 5.75. The molecule has 2 rings (SSSR count). The Morgan fingerprint density at radius 2 is 1.71 bits per heavy atom. The van der Waals surface area contributed by atoms with E-state index in [4.69, 9.17) is 10.5 Å². The fourth-order valence-electron chi connectivity index (χ4n) is 2.24. The van der Waals surface area contributed by atoms with E-state index < -0.39 is 0 Å². The Hall–Kier alpha value is -1.80. The molecule has 2 aromatic rings. The molecule has 0 radical (unpaired) electrons. The molecule has 6 heteroatoms. The van der Waals surface area contributed by atoms with Crippen molar-refractivity contribution in [2.45, 2.75) is 13.1 Å². The molecule has 130 valence electrons. The van der Waals surface area contributed by atoms with Gasteiger partial charge in [0.1, 0.15) is 5.75 Å². The smallest absolute Gasteiger partial charge is 0.193 e. The summed E-state index contributed by atoms with van der Waals surface area (Å²) in [6, 6.07) is 15.8. The van der Waals surface area contributed by atoms with E-state index in [1.54, 1.807) is 7.11 Å². The highest BCUT2D eigenvalue weighted by Crippen LogP contribution is 2.15. The normalized spacial score (nSPS) is 11.1. The first kappa shape index (κ1) is 20.2. The summed E-state index contributed by atoms with van der Waals surface area (Å²) in [5, 5.41) is 3.09. The minimum Gasteiger partial charge on any atom is -0.497 e. The van der Waals surface area contributed by atoms with E-state index >= 15 is 0 Å². The topological polar surface area (TPSA) is 62.9 Å². The van der Waals surface area contributed by atoms with E-state index in [1.807, 2.05) is 36.4 Å². The first-order chi connectivity index (χ1) is 11.1. The summed E-state index contributed by atoms with van der Waals surface area (Å²) in [5.74, 6) is 1.21. The Labute approximate surface area is 160 Å². The summed E-state index contributed by atoms with van der Waals surface area (Å²) < 4.78 is 5.13. The van der Waals surface area contributed by atoms with Crippen molar-refractivity contribution in [3.63, 3.8) is 0 Å². The number of ether oxygens (including phenoxy) is 1. The number of anilines is 1. The molecule has 0 aromatic heterocycles. The maximum Gasteiger partial charge on any atom is 0.193 e. The Bertz CT molecular complexity index is 656. The van der Waals surface area contributed by atoms with Crippen LogP contribution in [0.1, 0.15) is 11.1 Å². The van der Waals surface area contributed by atoms with E-state index in [0.29, 0.717) is 12.5 Å². The molecule has 0 fully saturated rings. The van der Waals surface area contributed by atoms with Gasteiger partial charge in [0.25, 0.3) is 0 Å². The molecule has 0 spiro atoms. The fraction of sp³-hybridized carbons (Fsp3) is 0.278. The number of nitrogens with zero attached hydrogens (tertiary/aromatic N) is 2. The van der Waals surface area contributed by atoms with Gasteiger partial charge >= 0.3 is 0 Å². The lowest BCUT2D eigenvalue weighted by atomic mass is 10.1. The minimum absolute atomic E-state index is 0. The van der Waals surface area contributed by atoms with Crippen LogP contribution in [0.15, 0.2) is 53.5 Å². The molecule has 0 aliphatic carbocycles. The van der Waals surface area contributed by atoms with Crippen molar-refractivity contribution < 1.29 is 4.74 Å². The van der Waals surface area contributed by atoms with Gasteiger partial charge in [-0.2, -0.15) is 0 Å². The number of nitrogens with one attached hydrogen (secondary N) is 1. The molecule has 0 amide bonds. The zero-order valence-electron chi connectivity index (χ0n) is 14.3. The third kappa shape index (κ3) is 6.37. The average Bonchev–Trinajstić information content (AvgIpc) is 2.54. The second-order valence-electron chi connectivity index (χ2n) is 5.56. The van der Waals surface area contributed by atoms with Crippen LogP contribution in [0.5, 0.6) is 5.75 Å². The number of nitrogens with two attached hydrogens (primary N) is 1. The number of hydrogen-bond donors (Lipinski definition) is 2. The van der Waals surface area contributed by atoms with Gasteiger partial charge in [-0.25, -0.2) is 4.99 Å². The number of guanidine groups is 1. The predicted molar refractivity (Wildman–Crippen MR) is 111 cm³/mol. The molecule has 0 saturated heterocycles. The molecule has 5 nitrogen and oxygen atoms in total. The SMILES string of the molecule is COc1ccc(NC(N)=NCc2ccccc2CN(C)C)cc1.I. The van der Waals surface area contributed by atoms with Crippen LogP contribution in [0.3, 0.4) is 0 Å².